The van der Waals surface area contributed by atoms with E-state index in [1.807, 2.05) is 6.07 Å². The van der Waals surface area contributed by atoms with Crippen LogP contribution in [-0.2, 0) is 0 Å². The van der Waals surface area contributed by atoms with Gasteiger partial charge in [0.1, 0.15) is 0 Å². The first-order chi connectivity index (χ1) is 9.81. The molecule has 1 saturated heterocycles. The molecule has 0 aromatic heterocycles. The third kappa shape index (κ3) is 3.75. The maximum atomic E-state index is 6.05. The van der Waals surface area contributed by atoms with Crippen molar-refractivity contribution in [2.75, 3.05) is 26.2 Å². The summed E-state index contributed by atoms with van der Waals surface area (Å²) in [4.78, 5) is 2.59. The first-order valence-corrected chi connectivity index (χ1v) is 8.40. The van der Waals surface area contributed by atoms with Crippen molar-refractivity contribution >= 4 is 11.6 Å². The van der Waals surface area contributed by atoms with E-state index in [-0.39, 0.29) is 0 Å². The van der Waals surface area contributed by atoms with E-state index in [4.69, 9.17) is 11.6 Å². The summed E-state index contributed by atoms with van der Waals surface area (Å²) < 4.78 is 0. The van der Waals surface area contributed by atoms with Crippen molar-refractivity contribution in [1.82, 2.24) is 10.2 Å². The van der Waals surface area contributed by atoms with Gasteiger partial charge in [-0.2, -0.15) is 0 Å². The molecular weight excluding hydrogens is 268 g/mol. The molecule has 0 radical (unpaired) electrons. The summed E-state index contributed by atoms with van der Waals surface area (Å²) in [5.41, 5.74) is 1.41. The predicted molar refractivity (Wildman–Crippen MR) is 85.5 cm³/mol. The van der Waals surface area contributed by atoms with Crippen molar-refractivity contribution in [3.05, 3.63) is 34.9 Å². The molecule has 3 heteroatoms. The Bertz CT molecular complexity index is 423. The minimum Gasteiger partial charge on any atom is -0.314 e. The molecule has 1 aliphatic carbocycles. The molecule has 2 aliphatic rings. The molecular formula is C17H25ClN2. The highest BCUT2D eigenvalue weighted by Crippen LogP contribution is 2.37. The highest BCUT2D eigenvalue weighted by atomic mass is 35.5. The van der Waals surface area contributed by atoms with Crippen LogP contribution in [0.4, 0.5) is 0 Å². The van der Waals surface area contributed by atoms with E-state index in [2.05, 4.69) is 28.4 Å². The molecule has 1 heterocycles. The Morgan fingerprint density at radius 3 is 2.75 bits per heavy atom. The van der Waals surface area contributed by atoms with Gasteiger partial charge in [-0.25, -0.2) is 0 Å². The van der Waals surface area contributed by atoms with Gasteiger partial charge in [0.05, 0.1) is 0 Å². The number of likely N-dealkylation sites (tertiary alicyclic amines) is 1. The number of benzene rings is 1. The van der Waals surface area contributed by atoms with Crippen LogP contribution < -0.4 is 5.32 Å². The molecule has 0 unspecified atom stereocenters. The Morgan fingerprint density at radius 1 is 1.20 bits per heavy atom. The fourth-order valence-corrected chi connectivity index (χ4v) is 3.63. The highest BCUT2D eigenvalue weighted by molar-refractivity contribution is 6.30. The number of hydrogen-bond acceptors (Lipinski definition) is 2. The summed E-state index contributed by atoms with van der Waals surface area (Å²) in [7, 11) is 0. The summed E-state index contributed by atoms with van der Waals surface area (Å²) >= 11 is 6.05. The van der Waals surface area contributed by atoms with Crippen LogP contribution in [-0.4, -0.2) is 37.1 Å². The average molecular weight is 293 g/mol. The monoisotopic (exact) mass is 292 g/mol. The van der Waals surface area contributed by atoms with E-state index >= 15 is 0 Å². The molecule has 2 fully saturated rings. The third-order valence-electron chi connectivity index (χ3n) is 4.74. The lowest BCUT2D eigenvalue weighted by Crippen LogP contribution is -2.41. The molecule has 0 bridgehead atoms. The zero-order chi connectivity index (χ0) is 13.8. The molecule has 3 rings (SSSR count). The molecule has 1 aromatic carbocycles. The van der Waals surface area contributed by atoms with Gasteiger partial charge in [0.2, 0.25) is 0 Å². The fraction of sp³-hybridized carbons (Fsp3) is 0.647. The number of halogens is 1. The lowest BCUT2D eigenvalue weighted by molar-refractivity contribution is 0.277. The van der Waals surface area contributed by atoms with Gasteiger partial charge in [-0.15, -0.1) is 0 Å². The Balaban J connectivity index is 1.30. The SMILES string of the molecule is Clc1cccc(C2CC(NCCCN3CCCC3)C2)c1. The van der Waals surface area contributed by atoms with Crippen molar-refractivity contribution in [2.24, 2.45) is 0 Å². The standard InChI is InChI=1S/C17H25ClN2/c18-16-6-3-5-14(11-16)15-12-17(13-15)19-7-4-10-20-8-1-2-9-20/h3,5-6,11,15,17,19H,1-2,4,7-10,12-13H2. The van der Waals surface area contributed by atoms with Gasteiger partial charge in [-0.3, -0.25) is 0 Å². The van der Waals surface area contributed by atoms with Gasteiger partial charge in [0.25, 0.3) is 0 Å². The van der Waals surface area contributed by atoms with Gasteiger partial charge in [0.15, 0.2) is 0 Å². The summed E-state index contributed by atoms with van der Waals surface area (Å²) in [6.07, 6.45) is 6.63. The molecule has 1 aromatic rings. The molecule has 0 amide bonds. The fourth-order valence-electron chi connectivity index (χ4n) is 3.43. The van der Waals surface area contributed by atoms with Gasteiger partial charge in [0, 0.05) is 11.1 Å². The first-order valence-electron chi connectivity index (χ1n) is 8.02. The lowest BCUT2D eigenvalue weighted by Gasteiger charge is -2.36. The van der Waals surface area contributed by atoms with Crippen LogP contribution in [0.25, 0.3) is 0 Å². The molecule has 1 aliphatic heterocycles. The molecule has 20 heavy (non-hydrogen) atoms. The second-order valence-corrected chi connectivity index (χ2v) is 6.71. The minimum atomic E-state index is 0.713. The molecule has 110 valence electrons. The quantitative estimate of drug-likeness (QED) is 0.805. The minimum absolute atomic E-state index is 0.713. The van der Waals surface area contributed by atoms with Crippen molar-refractivity contribution in [1.29, 1.82) is 0 Å². The number of nitrogens with zero attached hydrogens (tertiary/aromatic N) is 1. The normalized spacial score (nSPS) is 26.6. The summed E-state index contributed by atoms with van der Waals surface area (Å²) in [6.45, 7) is 5.08. The second kappa shape index (κ2) is 6.93. The van der Waals surface area contributed by atoms with E-state index < -0.39 is 0 Å². The number of hydrogen-bond donors (Lipinski definition) is 1. The van der Waals surface area contributed by atoms with E-state index in [1.54, 1.807) is 0 Å². The zero-order valence-electron chi connectivity index (χ0n) is 12.2. The van der Waals surface area contributed by atoms with Crippen LogP contribution in [0, 0.1) is 0 Å². The van der Waals surface area contributed by atoms with Crippen LogP contribution in [0.2, 0.25) is 5.02 Å². The van der Waals surface area contributed by atoms with Crippen molar-refractivity contribution in [2.45, 2.75) is 44.1 Å². The Hall–Kier alpha value is -0.570. The number of nitrogens with one attached hydrogen (secondary N) is 1. The molecule has 1 N–H and O–H groups in total. The van der Waals surface area contributed by atoms with Gasteiger partial charge >= 0.3 is 0 Å². The topological polar surface area (TPSA) is 15.3 Å². The maximum Gasteiger partial charge on any atom is 0.0408 e. The van der Waals surface area contributed by atoms with Crippen LogP contribution in [0.1, 0.15) is 43.6 Å². The molecule has 1 saturated carbocycles. The van der Waals surface area contributed by atoms with Crippen LogP contribution in [0.5, 0.6) is 0 Å². The molecule has 0 atom stereocenters. The maximum absolute atomic E-state index is 6.05. The van der Waals surface area contributed by atoms with E-state index in [0.29, 0.717) is 5.92 Å². The Morgan fingerprint density at radius 2 is 2.00 bits per heavy atom. The summed E-state index contributed by atoms with van der Waals surface area (Å²) in [5.74, 6) is 0.713. The van der Waals surface area contributed by atoms with Crippen molar-refractivity contribution in [3.8, 4) is 0 Å². The second-order valence-electron chi connectivity index (χ2n) is 6.28. The van der Waals surface area contributed by atoms with E-state index in [1.165, 1.54) is 63.8 Å². The van der Waals surface area contributed by atoms with Crippen LogP contribution >= 0.6 is 11.6 Å². The van der Waals surface area contributed by atoms with Crippen LogP contribution in [0.15, 0.2) is 24.3 Å². The summed E-state index contributed by atoms with van der Waals surface area (Å²) in [6, 6.07) is 9.07. The van der Waals surface area contributed by atoms with Gasteiger partial charge in [-0.1, -0.05) is 23.7 Å². The largest absolute Gasteiger partial charge is 0.314 e. The van der Waals surface area contributed by atoms with Gasteiger partial charge in [-0.05, 0) is 81.9 Å². The van der Waals surface area contributed by atoms with Crippen molar-refractivity contribution in [3.63, 3.8) is 0 Å². The van der Waals surface area contributed by atoms with E-state index in [9.17, 15) is 0 Å². The zero-order valence-corrected chi connectivity index (χ0v) is 12.9. The average Bonchev–Trinajstić information content (AvgIpc) is 2.89. The van der Waals surface area contributed by atoms with Crippen LogP contribution in [0.3, 0.4) is 0 Å². The Kier molecular flexibility index (Phi) is 4.98. The molecule has 0 spiro atoms. The first kappa shape index (κ1) is 14.4. The number of rotatable bonds is 6. The third-order valence-corrected chi connectivity index (χ3v) is 4.98. The van der Waals surface area contributed by atoms with E-state index in [0.717, 1.165) is 11.1 Å². The van der Waals surface area contributed by atoms with Crippen molar-refractivity contribution < 1.29 is 0 Å². The highest BCUT2D eigenvalue weighted by Gasteiger charge is 2.29. The van der Waals surface area contributed by atoms with Gasteiger partial charge < -0.3 is 10.2 Å². The predicted octanol–water partition coefficient (Wildman–Crippen LogP) is 3.66. The smallest absolute Gasteiger partial charge is 0.0408 e. The Labute approximate surface area is 127 Å². The molecule has 2 nitrogen and oxygen atoms in total. The lowest BCUT2D eigenvalue weighted by atomic mass is 9.76. The summed E-state index contributed by atoms with van der Waals surface area (Å²) in [5, 5.41) is 4.56.